The molecule has 0 amide bonds. The van der Waals surface area contributed by atoms with Gasteiger partial charge in [-0.15, -0.1) is 0 Å². The summed E-state index contributed by atoms with van der Waals surface area (Å²) in [6.07, 6.45) is 1.16. The molecule has 2 atom stereocenters. The van der Waals surface area contributed by atoms with E-state index in [1.54, 1.807) is 6.07 Å². The SMILES string of the molecule is CCC(C)C(C)c1cccc(SF)c1. The zero-order valence-corrected chi connectivity index (χ0v) is 9.77. The van der Waals surface area contributed by atoms with Gasteiger partial charge in [-0.3, -0.25) is 0 Å². The van der Waals surface area contributed by atoms with Crippen LogP contribution in [0.15, 0.2) is 29.2 Å². The lowest BCUT2D eigenvalue weighted by Crippen LogP contribution is -2.04. The van der Waals surface area contributed by atoms with Gasteiger partial charge in [0, 0.05) is 4.90 Å². The predicted molar refractivity (Wildman–Crippen MR) is 61.3 cm³/mol. The smallest absolute Gasteiger partial charge is 0.0812 e. The first kappa shape index (κ1) is 11.6. The minimum absolute atomic E-state index is 0.320. The van der Waals surface area contributed by atoms with E-state index < -0.39 is 0 Å². The lowest BCUT2D eigenvalue weighted by atomic mass is 9.87. The fraction of sp³-hybridized carbons (Fsp3) is 0.500. The lowest BCUT2D eigenvalue weighted by Gasteiger charge is -2.18. The van der Waals surface area contributed by atoms with Crippen LogP contribution in [0.1, 0.15) is 38.7 Å². The Morgan fingerprint density at radius 3 is 2.64 bits per heavy atom. The Balaban J connectivity index is 2.83. The van der Waals surface area contributed by atoms with Crippen molar-refractivity contribution >= 4 is 12.1 Å². The molecule has 14 heavy (non-hydrogen) atoms. The maximum Gasteiger partial charge on any atom is 0.0812 e. The highest BCUT2D eigenvalue weighted by Crippen LogP contribution is 2.29. The van der Waals surface area contributed by atoms with Gasteiger partial charge in [-0.1, -0.05) is 39.3 Å². The van der Waals surface area contributed by atoms with Crippen LogP contribution in [0.4, 0.5) is 3.89 Å². The monoisotopic (exact) mass is 212 g/mol. The van der Waals surface area contributed by atoms with Crippen molar-refractivity contribution in [3.05, 3.63) is 29.8 Å². The summed E-state index contributed by atoms with van der Waals surface area (Å²) >= 11 is 0.320. The summed E-state index contributed by atoms with van der Waals surface area (Å²) in [7, 11) is 0. The van der Waals surface area contributed by atoms with Crippen LogP contribution in [-0.4, -0.2) is 0 Å². The van der Waals surface area contributed by atoms with Gasteiger partial charge in [-0.25, -0.2) is 0 Å². The molecule has 0 spiro atoms. The molecule has 0 N–H and O–H groups in total. The molecule has 0 aromatic heterocycles. The molecule has 0 heterocycles. The quantitative estimate of drug-likeness (QED) is 0.690. The number of hydrogen-bond acceptors (Lipinski definition) is 1. The minimum Gasteiger partial charge on any atom is -0.160 e. The summed E-state index contributed by atoms with van der Waals surface area (Å²) in [5.74, 6) is 1.15. The Hall–Kier alpha value is -0.500. The Morgan fingerprint density at radius 2 is 2.07 bits per heavy atom. The van der Waals surface area contributed by atoms with Gasteiger partial charge >= 0.3 is 0 Å². The molecule has 0 radical (unpaired) electrons. The Labute approximate surface area is 90.2 Å². The normalized spacial score (nSPS) is 15.1. The third-order valence-corrected chi connectivity index (χ3v) is 3.40. The maximum absolute atomic E-state index is 12.4. The molecule has 0 aliphatic heterocycles. The Kier molecular flexibility index (Phi) is 4.46. The second-order valence-electron chi connectivity index (χ2n) is 3.82. The van der Waals surface area contributed by atoms with Gasteiger partial charge < -0.3 is 0 Å². The van der Waals surface area contributed by atoms with Crippen molar-refractivity contribution in [1.82, 2.24) is 0 Å². The van der Waals surface area contributed by atoms with Crippen molar-refractivity contribution in [3.8, 4) is 0 Å². The molecule has 1 aromatic carbocycles. The molecule has 0 aliphatic carbocycles. The maximum atomic E-state index is 12.4. The van der Waals surface area contributed by atoms with Gasteiger partial charge in [0.05, 0.1) is 12.1 Å². The molecule has 0 saturated heterocycles. The van der Waals surface area contributed by atoms with Crippen LogP contribution in [0.25, 0.3) is 0 Å². The van der Waals surface area contributed by atoms with Crippen molar-refractivity contribution in [2.45, 2.75) is 38.0 Å². The van der Waals surface area contributed by atoms with Gasteiger partial charge in [0.1, 0.15) is 0 Å². The van der Waals surface area contributed by atoms with E-state index >= 15 is 0 Å². The second-order valence-corrected chi connectivity index (χ2v) is 4.45. The molecule has 0 bridgehead atoms. The van der Waals surface area contributed by atoms with Crippen LogP contribution in [0.2, 0.25) is 0 Å². The van der Waals surface area contributed by atoms with E-state index in [9.17, 15) is 3.89 Å². The Morgan fingerprint density at radius 1 is 1.36 bits per heavy atom. The van der Waals surface area contributed by atoms with Crippen molar-refractivity contribution in [1.29, 1.82) is 0 Å². The van der Waals surface area contributed by atoms with Crippen LogP contribution in [0.3, 0.4) is 0 Å². The van der Waals surface area contributed by atoms with Crippen molar-refractivity contribution in [2.75, 3.05) is 0 Å². The van der Waals surface area contributed by atoms with Crippen molar-refractivity contribution in [2.24, 2.45) is 5.92 Å². The number of hydrogen-bond donors (Lipinski definition) is 0. The van der Waals surface area contributed by atoms with Crippen LogP contribution < -0.4 is 0 Å². The van der Waals surface area contributed by atoms with Gasteiger partial charge in [0.15, 0.2) is 0 Å². The van der Waals surface area contributed by atoms with Crippen LogP contribution in [0, 0.1) is 5.92 Å². The molecule has 0 saturated carbocycles. The summed E-state index contributed by atoms with van der Waals surface area (Å²) in [6.45, 7) is 6.63. The average molecular weight is 212 g/mol. The number of rotatable bonds is 4. The average Bonchev–Trinajstić information content (AvgIpc) is 2.27. The highest BCUT2D eigenvalue weighted by molar-refractivity contribution is 7.94. The third kappa shape index (κ3) is 2.74. The zero-order valence-electron chi connectivity index (χ0n) is 8.96. The molecule has 2 heteroatoms. The van der Waals surface area contributed by atoms with Gasteiger partial charge in [0.25, 0.3) is 0 Å². The van der Waals surface area contributed by atoms with Crippen LogP contribution in [0.5, 0.6) is 0 Å². The molecule has 78 valence electrons. The van der Waals surface area contributed by atoms with E-state index in [-0.39, 0.29) is 0 Å². The fourth-order valence-electron chi connectivity index (χ4n) is 1.53. The zero-order chi connectivity index (χ0) is 10.6. The first-order chi connectivity index (χ1) is 6.69. The standard InChI is InChI=1S/C12H17FS/c1-4-9(2)10(3)11-6-5-7-12(8-11)14-13/h5-10H,4H2,1-3H3. The second kappa shape index (κ2) is 5.40. The van der Waals surface area contributed by atoms with Crippen LogP contribution in [-0.2, 0) is 0 Å². The first-order valence-electron chi connectivity index (χ1n) is 5.07. The van der Waals surface area contributed by atoms with E-state index in [1.165, 1.54) is 5.56 Å². The Bertz CT molecular complexity index is 285. The predicted octanol–water partition coefficient (Wildman–Crippen LogP) is 4.81. The number of halogens is 1. The largest absolute Gasteiger partial charge is 0.160 e. The molecule has 0 nitrogen and oxygen atoms in total. The third-order valence-electron chi connectivity index (χ3n) is 2.97. The first-order valence-corrected chi connectivity index (χ1v) is 5.79. The van der Waals surface area contributed by atoms with Gasteiger partial charge in [-0.05, 0) is 29.5 Å². The van der Waals surface area contributed by atoms with Gasteiger partial charge in [-0.2, -0.15) is 3.89 Å². The van der Waals surface area contributed by atoms with E-state index in [0.717, 1.165) is 6.42 Å². The summed E-state index contributed by atoms with van der Waals surface area (Å²) in [5.41, 5.74) is 1.24. The molecular weight excluding hydrogens is 195 g/mol. The molecule has 0 fully saturated rings. The topological polar surface area (TPSA) is 0 Å². The minimum atomic E-state index is 0.320. The molecular formula is C12H17FS. The summed E-state index contributed by atoms with van der Waals surface area (Å²) in [5, 5.41) is 0. The molecule has 2 unspecified atom stereocenters. The molecule has 0 aliphatic rings. The molecule has 1 aromatic rings. The van der Waals surface area contributed by atoms with E-state index in [2.05, 4.69) is 26.8 Å². The fourth-order valence-corrected chi connectivity index (χ4v) is 1.84. The number of benzene rings is 1. The van der Waals surface area contributed by atoms with E-state index in [4.69, 9.17) is 0 Å². The van der Waals surface area contributed by atoms with Crippen LogP contribution >= 0.6 is 12.1 Å². The summed E-state index contributed by atoms with van der Waals surface area (Å²) in [4.78, 5) is 0.706. The highest BCUT2D eigenvalue weighted by atomic mass is 32.2. The highest BCUT2D eigenvalue weighted by Gasteiger charge is 2.12. The van der Waals surface area contributed by atoms with Gasteiger partial charge in [0.2, 0.25) is 0 Å². The lowest BCUT2D eigenvalue weighted by molar-refractivity contribution is 0.473. The molecule has 1 rings (SSSR count). The van der Waals surface area contributed by atoms with Crippen molar-refractivity contribution in [3.63, 3.8) is 0 Å². The van der Waals surface area contributed by atoms with E-state index in [1.807, 2.05) is 12.1 Å². The summed E-state index contributed by atoms with van der Waals surface area (Å²) in [6, 6.07) is 7.76. The van der Waals surface area contributed by atoms with Crippen molar-refractivity contribution < 1.29 is 3.89 Å². The summed E-state index contributed by atoms with van der Waals surface area (Å²) < 4.78 is 12.4. The van der Waals surface area contributed by atoms with E-state index in [0.29, 0.717) is 28.9 Å².